The number of rotatable bonds is 4. The fraction of sp³-hybridized carbons (Fsp3) is 0.412. The molecule has 0 aromatic carbocycles. The predicted octanol–water partition coefficient (Wildman–Crippen LogP) is 1.33. The number of nitrogens with zero attached hydrogens (tertiary/aromatic N) is 3. The summed E-state index contributed by atoms with van der Waals surface area (Å²) in [5.74, 6) is 1.05. The first-order valence-electron chi connectivity index (χ1n) is 8.15. The molecule has 0 aliphatic carbocycles. The van der Waals surface area contributed by atoms with Crippen LogP contribution in [0.5, 0.6) is 0 Å². The number of aromatic amines is 1. The highest BCUT2D eigenvalue weighted by Gasteiger charge is 2.18. The van der Waals surface area contributed by atoms with Crippen LogP contribution in [-0.4, -0.2) is 33.9 Å². The molecule has 1 amide bonds. The Labute approximate surface area is 140 Å². The van der Waals surface area contributed by atoms with Gasteiger partial charge >= 0.3 is 0 Å². The number of amides is 1. The Kier molecular flexibility index (Phi) is 4.88. The molecule has 2 N–H and O–H groups in total. The molecule has 3 heterocycles. The number of aromatic nitrogens is 3. The molecule has 0 atom stereocenters. The third-order valence-corrected chi connectivity index (χ3v) is 4.22. The zero-order chi connectivity index (χ0) is 16.9. The SMILES string of the molecule is CC1CCN(c2nc(CNC(=O)c3cccnc3)cc(=O)[nH]2)CC1. The van der Waals surface area contributed by atoms with Crippen molar-refractivity contribution in [1.82, 2.24) is 20.3 Å². The van der Waals surface area contributed by atoms with Crippen LogP contribution in [0, 0.1) is 5.92 Å². The van der Waals surface area contributed by atoms with E-state index < -0.39 is 0 Å². The van der Waals surface area contributed by atoms with Crippen LogP contribution in [0.4, 0.5) is 5.95 Å². The fourth-order valence-corrected chi connectivity index (χ4v) is 2.72. The molecular formula is C17H21N5O2. The maximum absolute atomic E-state index is 12.1. The van der Waals surface area contributed by atoms with Crippen LogP contribution in [0.25, 0.3) is 0 Å². The largest absolute Gasteiger partial charge is 0.346 e. The number of nitrogens with one attached hydrogen (secondary N) is 2. The van der Waals surface area contributed by atoms with Crippen molar-refractivity contribution in [3.63, 3.8) is 0 Å². The van der Waals surface area contributed by atoms with E-state index in [1.807, 2.05) is 0 Å². The average molecular weight is 327 g/mol. The molecule has 7 heteroatoms. The van der Waals surface area contributed by atoms with E-state index in [4.69, 9.17) is 0 Å². The molecular weight excluding hydrogens is 306 g/mol. The van der Waals surface area contributed by atoms with Gasteiger partial charge in [0.2, 0.25) is 5.95 Å². The van der Waals surface area contributed by atoms with Crippen LogP contribution in [0.15, 0.2) is 35.4 Å². The van der Waals surface area contributed by atoms with Crippen molar-refractivity contribution in [3.05, 3.63) is 52.2 Å². The second kappa shape index (κ2) is 7.25. The number of H-pyrrole nitrogens is 1. The molecule has 0 saturated carbocycles. The van der Waals surface area contributed by atoms with E-state index in [1.165, 1.54) is 12.3 Å². The summed E-state index contributed by atoms with van der Waals surface area (Å²) in [7, 11) is 0. The summed E-state index contributed by atoms with van der Waals surface area (Å²) in [5.41, 5.74) is 0.821. The molecule has 126 valence electrons. The molecule has 0 spiro atoms. The van der Waals surface area contributed by atoms with Gasteiger partial charge < -0.3 is 10.2 Å². The van der Waals surface area contributed by atoms with Gasteiger partial charge in [-0.3, -0.25) is 19.6 Å². The normalized spacial score (nSPS) is 15.3. The van der Waals surface area contributed by atoms with Crippen molar-refractivity contribution in [2.24, 2.45) is 5.92 Å². The number of anilines is 1. The number of hydrogen-bond donors (Lipinski definition) is 2. The van der Waals surface area contributed by atoms with E-state index in [0.29, 0.717) is 23.1 Å². The zero-order valence-corrected chi connectivity index (χ0v) is 13.7. The molecule has 7 nitrogen and oxygen atoms in total. The highest BCUT2D eigenvalue weighted by Crippen LogP contribution is 2.19. The van der Waals surface area contributed by atoms with E-state index in [0.717, 1.165) is 25.9 Å². The van der Waals surface area contributed by atoms with Gasteiger partial charge in [-0.25, -0.2) is 4.98 Å². The van der Waals surface area contributed by atoms with Crippen LogP contribution in [0.2, 0.25) is 0 Å². The standard InChI is InChI=1S/C17H21N5O2/c1-12-4-7-22(8-5-12)17-20-14(9-15(23)21-17)11-19-16(24)13-3-2-6-18-10-13/h2-3,6,9-10,12H,4-5,7-8,11H2,1H3,(H,19,24)(H,20,21,23). The smallest absolute Gasteiger partial charge is 0.253 e. The number of carbonyl (C=O) groups excluding carboxylic acids is 1. The Balaban J connectivity index is 1.68. The van der Waals surface area contributed by atoms with Crippen LogP contribution in [0.1, 0.15) is 35.8 Å². The summed E-state index contributed by atoms with van der Waals surface area (Å²) >= 11 is 0. The van der Waals surface area contributed by atoms with Crippen molar-refractivity contribution >= 4 is 11.9 Å². The quantitative estimate of drug-likeness (QED) is 0.884. The summed E-state index contributed by atoms with van der Waals surface area (Å²) in [6.45, 7) is 4.21. The van der Waals surface area contributed by atoms with Crippen molar-refractivity contribution in [2.75, 3.05) is 18.0 Å². The van der Waals surface area contributed by atoms with Crippen LogP contribution >= 0.6 is 0 Å². The summed E-state index contributed by atoms with van der Waals surface area (Å²) in [5, 5.41) is 2.77. The molecule has 2 aromatic heterocycles. The molecule has 1 saturated heterocycles. The van der Waals surface area contributed by atoms with E-state index in [9.17, 15) is 9.59 Å². The maximum Gasteiger partial charge on any atom is 0.253 e. The lowest BCUT2D eigenvalue weighted by atomic mass is 10.00. The molecule has 0 unspecified atom stereocenters. The van der Waals surface area contributed by atoms with E-state index in [-0.39, 0.29) is 18.0 Å². The highest BCUT2D eigenvalue weighted by molar-refractivity contribution is 5.93. The first-order valence-corrected chi connectivity index (χ1v) is 8.15. The van der Waals surface area contributed by atoms with E-state index in [1.54, 1.807) is 18.3 Å². The Morgan fingerprint density at radius 2 is 2.21 bits per heavy atom. The van der Waals surface area contributed by atoms with Crippen LogP contribution < -0.4 is 15.8 Å². The molecule has 0 bridgehead atoms. The summed E-state index contributed by atoms with van der Waals surface area (Å²) in [6.07, 6.45) is 5.29. The fourth-order valence-electron chi connectivity index (χ4n) is 2.72. The first kappa shape index (κ1) is 16.2. The van der Waals surface area contributed by atoms with E-state index in [2.05, 4.69) is 32.1 Å². The number of carbonyl (C=O) groups is 1. The molecule has 2 aromatic rings. The maximum atomic E-state index is 12.1. The number of hydrogen-bond acceptors (Lipinski definition) is 5. The predicted molar refractivity (Wildman–Crippen MR) is 90.9 cm³/mol. The van der Waals surface area contributed by atoms with Crippen molar-refractivity contribution in [1.29, 1.82) is 0 Å². The van der Waals surface area contributed by atoms with Gasteiger partial charge in [0.1, 0.15) is 0 Å². The summed E-state index contributed by atoms with van der Waals surface area (Å²) < 4.78 is 0. The topological polar surface area (TPSA) is 91.0 Å². The number of piperidine rings is 1. The number of pyridine rings is 1. The van der Waals surface area contributed by atoms with Crippen LogP contribution in [-0.2, 0) is 6.54 Å². The minimum atomic E-state index is -0.237. The van der Waals surface area contributed by atoms with Crippen molar-refractivity contribution < 1.29 is 4.79 Å². The Morgan fingerprint density at radius 1 is 1.42 bits per heavy atom. The highest BCUT2D eigenvalue weighted by atomic mass is 16.1. The second-order valence-electron chi connectivity index (χ2n) is 6.15. The Bertz CT molecular complexity index is 751. The molecule has 1 fully saturated rings. The minimum absolute atomic E-state index is 0.203. The summed E-state index contributed by atoms with van der Waals surface area (Å²) in [4.78, 5) is 37.2. The van der Waals surface area contributed by atoms with Gasteiger partial charge in [-0.15, -0.1) is 0 Å². The van der Waals surface area contributed by atoms with Gasteiger partial charge in [0.25, 0.3) is 11.5 Å². The summed E-state index contributed by atoms with van der Waals surface area (Å²) in [6, 6.07) is 4.81. The lowest BCUT2D eigenvalue weighted by Gasteiger charge is -2.30. The van der Waals surface area contributed by atoms with Gasteiger partial charge in [-0.05, 0) is 30.9 Å². The van der Waals surface area contributed by atoms with Crippen molar-refractivity contribution in [3.8, 4) is 0 Å². The second-order valence-corrected chi connectivity index (χ2v) is 6.15. The van der Waals surface area contributed by atoms with Gasteiger partial charge in [-0.2, -0.15) is 0 Å². The van der Waals surface area contributed by atoms with Gasteiger partial charge in [0.15, 0.2) is 0 Å². The molecule has 1 aliphatic heterocycles. The molecule has 3 rings (SSSR count). The van der Waals surface area contributed by atoms with Crippen molar-refractivity contribution in [2.45, 2.75) is 26.3 Å². The monoisotopic (exact) mass is 327 g/mol. The van der Waals surface area contributed by atoms with Gasteiger partial charge in [0.05, 0.1) is 17.8 Å². The van der Waals surface area contributed by atoms with Gasteiger partial charge in [0, 0.05) is 31.5 Å². The average Bonchev–Trinajstić information content (AvgIpc) is 2.60. The lowest BCUT2D eigenvalue weighted by molar-refractivity contribution is 0.0950. The van der Waals surface area contributed by atoms with Gasteiger partial charge in [-0.1, -0.05) is 6.92 Å². The molecule has 0 radical (unpaired) electrons. The Morgan fingerprint density at radius 3 is 2.92 bits per heavy atom. The third kappa shape index (κ3) is 3.98. The molecule has 1 aliphatic rings. The minimum Gasteiger partial charge on any atom is -0.346 e. The Hall–Kier alpha value is -2.70. The first-order chi connectivity index (χ1) is 11.6. The lowest BCUT2D eigenvalue weighted by Crippen LogP contribution is -2.35. The van der Waals surface area contributed by atoms with Crippen LogP contribution in [0.3, 0.4) is 0 Å². The third-order valence-electron chi connectivity index (χ3n) is 4.22. The molecule has 24 heavy (non-hydrogen) atoms. The van der Waals surface area contributed by atoms with E-state index >= 15 is 0 Å². The zero-order valence-electron chi connectivity index (χ0n) is 13.7.